The van der Waals surface area contributed by atoms with E-state index in [1.54, 1.807) is 32.0 Å². The standard InChI is InChI=1S/C11H14BrNO2S/c1-13-6-9(14)7-4-8(12)11(15-2)10(5-7)16-3/h4-5,13H,6H2,1-3H3. The lowest BCUT2D eigenvalue weighted by Crippen LogP contribution is -2.18. The Morgan fingerprint density at radius 2 is 2.25 bits per heavy atom. The maximum absolute atomic E-state index is 11.7. The lowest BCUT2D eigenvalue weighted by molar-refractivity contribution is 0.0993. The molecule has 0 spiro atoms. The van der Waals surface area contributed by atoms with E-state index >= 15 is 0 Å². The van der Waals surface area contributed by atoms with Crippen molar-refractivity contribution in [2.45, 2.75) is 4.90 Å². The van der Waals surface area contributed by atoms with Crippen LogP contribution in [0.25, 0.3) is 0 Å². The third-order valence-corrected chi connectivity index (χ3v) is 3.42. The van der Waals surface area contributed by atoms with Crippen LogP contribution in [-0.2, 0) is 0 Å². The Morgan fingerprint density at radius 3 is 2.75 bits per heavy atom. The Labute approximate surface area is 108 Å². The maximum atomic E-state index is 11.7. The minimum Gasteiger partial charge on any atom is -0.494 e. The molecule has 0 aliphatic rings. The number of carbonyl (C=O) groups is 1. The number of methoxy groups -OCH3 is 1. The quantitative estimate of drug-likeness (QED) is 0.670. The Kier molecular flexibility index (Phi) is 5.31. The Balaban J connectivity index is 3.15. The van der Waals surface area contributed by atoms with Crippen LogP contribution in [0.4, 0.5) is 0 Å². The number of ketones is 1. The van der Waals surface area contributed by atoms with Crippen molar-refractivity contribution in [2.24, 2.45) is 0 Å². The molecule has 1 rings (SSSR count). The van der Waals surface area contributed by atoms with Crippen LogP contribution in [-0.4, -0.2) is 32.7 Å². The first-order chi connectivity index (χ1) is 7.63. The van der Waals surface area contributed by atoms with Crippen LogP contribution in [0.5, 0.6) is 5.75 Å². The molecule has 0 atom stereocenters. The zero-order valence-corrected chi connectivity index (χ0v) is 11.9. The van der Waals surface area contributed by atoms with Crippen LogP contribution in [0.15, 0.2) is 21.5 Å². The average molecular weight is 304 g/mol. The zero-order chi connectivity index (χ0) is 12.1. The van der Waals surface area contributed by atoms with Gasteiger partial charge in [-0.3, -0.25) is 4.79 Å². The molecule has 1 N–H and O–H groups in total. The molecule has 0 aliphatic heterocycles. The fraction of sp³-hybridized carbons (Fsp3) is 0.364. The molecular formula is C11H14BrNO2S. The molecule has 0 aromatic heterocycles. The lowest BCUT2D eigenvalue weighted by Gasteiger charge is -2.10. The summed E-state index contributed by atoms with van der Waals surface area (Å²) in [5, 5.41) is 2.85. The summed E-state index contributed by atoms with van der Waals surface area (Å²) in [5.41, 5.74) is 0.686. The molecule has 1 aromatic rings. The molecule has 3 nitrogen and oxygen atoms in total. The van der Waals surface area contributed by atoms with Gasteiger partial charge in [0.25, 0.3) is 0 Å². The van der Waals surface area contributed by atoms with E-state index in [-0.39, 0.29) is 5.78 Å². The zero-order valence-electron chi connectivity index (χ0n) is 9.46. The number of thioether (sulfide) groups is 1. The summed E-state index contributed by atoms with van der Waals surface area (Å²) in [5.74, 6) is 0.842. The first-order valence-electron chi connectivity index (χ1n) is 4.73. The first kappa shape index (κ1) is 13.5. The molecule has 0 saturated carbocycles. The van der Waals surface area contributed by atoms with E-state index in [9.17, 15) is 4.79 Å². The normalized spacial score (nSPS) is 10.2. The van der Waals surface area contributed by atoms with Gasteiger partial charge in [-0.15, -0.1) is 11.8 Å². The Morgan fingerprint density at radius 1 is 1.56 bits per heavy atom. The van der Waals surface area contributed by atoms with E-state index in [1.807, 2.05) is 12.3 Å². The molecule has 5 heteroatoms. The van der Waals surface area contributed by atoms with E-state index in [2.05, 4.69) is 21.2 Å². The van der Waals surface area contributed by atoms with Gasteiger partial charge in [-0.05, 0) is 41.4 Å². The van der Waals surface area contributed by atoms with Crippen LogP contribution in [0, 0.1) is 0 Å². The van der Waals surface area contributed by atoms with Crippen LogP contribution in [0.3, 0.4) is 0 Å². The molecule has 0 unspecified atom stereocenters. The number of nitrogens with one attached hydrogen (secondary N) is 1. The second kappa shape index (κ2) is 6.27. The fourth-order valence-electron chi connectivity index (χ4n) is 1.34. The Hall–Kier alpha value is -0.520. The van der Waals surface area contributed by atoms with Crippen molar-refractivity contribution in [2.75, 3.05) is 27.0 Å². The highest BCUT2D eigenvalue weighted by Gasteiger charge is 2.13. The summed E-state index contributed by atoms with van der Waals surface area (Å²) in [6, 6.07) is 3.64. The van der Waals surface area contributed by atoms with Gasteiger partial charge in [0.15, 0.2) is 5.78 Å². The molecule has 0 aliphatic carbocycles. The minimum absolute atomic E-state index is 0.0705. The molecule has 0 fully saturated rings. The highest BCUT2D eigenvalue weighted by Crippen LogP contribution is 2.36. The number of Topliss-reactive ketones (excluding diaryl/α,β-unsaturated/α-hetero) is 1. The van der Waals surface area contributed by atoms with Crippen molar-refractivity contribution in [1.29, 1.82) is 0 Å². The van der Waals surface area contributed by atoms with Crippen LogP contribution < -0.4 is 10.1 Å². The number of hydrogen-bond donors (Lipinski definition) is 1. The molecule has 0 radical (unpaired) electrons. The summed E-state index contributed by atoms with van der Waals surface area (Å²) in [4.78, 5) is 12.7. The van der Waals surface area contributed by atoms with Gasteiger partial charge in [0.2, 0.25) is 0 Å². The van der Waals surface area contributed by atoms with Gasteiger partial charge >= 0.3 is 0 Å². The summed E-state index contributed by atoms with van der Waals surface area (Å²) in [6.07, 6.45) is 1.95. The predicted molar refractivity (Wildman–Crippen MR) is 70.7 cm³/mol. The molecular weight excluding hydrogens is 290 g/mol. The molecule has 0 heterocycles. The number of rotatable bonds is 5. The van der Waals surface area contributed by atoms with Gasteiger partial charge in [0, 0.05) is 5.56 Å². The average Bonchev–Trinajstić information content (AvgIpc) is 2.28. The second-order valence-electron chi connectivity index (χ2n) is 3.15. The smallest absolute Gasteiger partial charge is 0.176 e. The van der Waals surface area contributed by atoms with Gasteiger partial charge in [0.05, 0.1) is 23.0 Å². The van der Waals surface area contributed by atoms with Gasteiger partial charge in [-0.25, -0.2) is 0 Å². The number of likely N-dealkylation sites (N-methyl/N-ethyl adjacent to an activating group) is 1. The van der Waals surface area contributed by atoms with Gasteiger partial charge in [-0.2, -0.15) is 0 Å². The van der Waals surface area contributed by atoms with Crippen LogP contribution in [0.1, 0.15) is 10.4 Å². The highest BCUT2D eigenvalue weighted by molar-refractivity contribution is 9.10. The molecule has 1 aromatic carbocycles. The SMILES string of the molecule is CNCC(=O)c1cc(Br)c(OC)c(SC)c1. The summed E-state index contributed by atoms with van der Waals surface area (Å²) < 4.78 is 6.07. The van der Waals surface area contributed by atoms with Crippen molar-refractivity contribution in [3.63, 3.8) is 0 Å². The van der Waals surface area contributed by atoms with E-state index in [1.165, 1.54) is 0 Å². The molecule has 88 valence electrons. The van der Waals surface area contributed by atoms with Crippen molar-refractivity contribution in [3.05, 3.63) is 22.2 Å². The Bertz CT molecular complexity index is 396. The third kappa shape index (κ3) is 2.99. The first-order valence-corrected chi connectivity index (χ1v) is 6.75. The third-order valence-electron chi connectivity index (χ3n) is 2.09. The van der Waals surface area contributed by atoms with Crippen molar-refractivity contribution >= 4 is 33.5 Å². The second-order valence-corrected chi connectivity index (χ2v) is 4.85. The summed E-state index contributed by atoms with van der Waals surface area (Å²) in [7, 11) is 3.38. The largest absolute Gasteiger partial charge is 0.494 e. The topological polar surface area (TPSA) is 38.3 Å². The van der Waals surface area contributed by atoms with Gasteiger partial charge in [0.1, 0.15) is 5.75 Å². The maximum Gasteiger partial charge on any atom is 0.176 e. The summed E-state index contributed by atoms with van der Waals surface area (Å²) >= 11 is 4.96. The number of halogens is 1. The van der Waals surface area contributed by atoms with E-state index in [0.717, 1.165) is 15.1 Å². The molecule has 16 heavy (non-hydrogen) atoms. The van der Waals surface area contributed by atoms with E-state index < -0.39 is 0 Å². The monoisotopic (exact) mass is 303 g/mol. The molecule has 0 saturated heterocycles. The van der Waals surface area contributed by atoms with E-state index in [4.69, 9.17) is 4.74 Å². The predicted octanol–water partition coefficient (Wildman–Crippen LogP) is 2.58. The number of ether oxygens (including phenoxy) is 1. The molecule has 0 amide bonds. The van der Waals surface area contributed by atoms with Gasteiger partial charge in [-0.1, -0.05) is 0 Å². The lowest BCUT2D eigenvalue weighted by atomic mass is 10.1. The van der Waals surface area contributed by atoms with Gasteiger partial charge < -0.3 is 10.1 Å². The number of benzene rings is 1. The highest BCUT2D eigenvalue weighted by atomic mass is 79.9. The van der Waals surface area contributed by atoms with Crippen LogP contribution in [0.2, 0.25) is 0 Å². The fourth-order valence-corrected chi connectivity index (χ4v) is 2.72. The van der Waals surface area contributed by atoms with Crippen molar-refractivity contribution < 1.29 is 9.53 Å². The van der Waals surface area contributed by atoms with E-state index in [0.29, 0.717) is 12.1 Å². The van der Waals surface area contributed by atoms with Crippen molar-refractivity contribution in [3.8, 4) is 5.75 Å². The van der Waals surface area contributed by atoms with Crippen LogP contribution >= 0.6 is 27.7 Å². The number of hydrogen-bond acceptors (Lipinski definition) is 4. The summed E-state index contributed by atoms with van der Waals surface area (Å²) in [6.45, 7) is 0.340. The van der Waals surface area contributed by atoms with Crippen molar-refractivity contribution in [1.82, 2.24) is 5.32 Å². The minimum atomic E-state index is 0.0705. The molecule has 0 bridgehead atoms. The number of carbonyl (C=O) groups excluding carboxylic acids is 1.